The molecule has 6 nitrogen and oxygen atoms in total. The van der Waals surface area contributed by atoms with Gasteiger partial charge in [-0.3, -0.25) is 4.57 Å². The van der Waals surface area contributed by atoms with E-state index < -0.39 is 0 Å². The summed E-state index contributed by atoms with van der Waals surface area (Å²) >= 11 is 0. The summed E-state index contributed by atoms with van der Waals surface area (Å²) in [6, 6.07) is 95.4. The number of para-hydroxylation sites is 4. The van der Waals surface area contributed by atoms with Gasteiger partial charge in [0.15, 0.2) is 11.6 Å². The molecule has 11 aromatic carbocycles. The first-order chi connectivity index (χ1) is 37.2. The molecule has 4 aromatic heterocycles. The third-order valence-electron chi connectivity index (χ3n) is 14.9. The maximum Gasteiger partial charge on any atom is 0.238 e. The van der Waals surface area contributed by atoms with E-state index in [4.69, 9.17) is 15.0 Å². The Kier molecular flexibility index (Phi) is 9.78. The summed E-state index contributed by atoms with van der Waals surface area (Å²) in [6.45, 7) is 0. The summed E-state index contributed by atoms with van der Waals surface area (Å²) in [4.78, 5) is 15.8. The number of benzene rings is 11. The van der Waals surface area contributed by atoms with Crippen molar-refractivity contribution in [2.45, 2.75) is 0 Å². The fourth-order valence-corrected chi connectivity index (χ4v) is 11.4. The molecule has 350 valence electrons. The monoisotopic (exact) mass is 956 g/mol. The van der Waals surface area contributed by atoms with E-state index in [0.717, 1.165) is 77.7 Å². The second kappa shape index (κ2) is 17.3. The van der Waals surface area contributed by atoms with Crippen LogP contribution in [0.4, 0.5) is 0 Å². The molecule has 6 heteroatoms. The maximum absolute atomic E-state index is 5.35. The molecule has 0 atom stereocenters. The van der Waals surface area contributed by atoms with Crippen LogP contribution in [0.1, 0.15) is 0 Å². The van der Waals surface area contributed by atoms with Crippen molar-refractivity contribution in [1.29, 1.82) is 0 Å². The van der Waals surface area contributed by atoms with E-state index in [1.807, 2.05) is 24.3 Å². The van der Waals surface area contributed by atoms with Gasteiger partial charge in [0.1, 0.15) is 0 Å². The van der Waals surface area contributed by atoms with Crippen LogP contribution in [0, 0.1) is 0 Å². The lowest BCUT2D eigenvalue weighted by molar-refractivity contribution is 0.953. The largest absolute Gasteiger partial charge is 0.309 e. The topological polar surface area (TPSA) is 53.5 Å². The SMILES string of the molecule is c1ccc(-c2ccc(-c3nc(-c4ccccc4)nc(-n4c5ccc(-c6ccc7c(c6)c6ccccc6n7-c6ccccc6)cc5c5cc(-c6ccc7c(c6)c6ccccc6n7-c6ccccc6)ccc54)n3)cc2)cc1. The molecule has 75 heavy (non-hydrogen) atoms. The van der Waals surface area contributed by atoms with Gasteiger partial charge >= 0.3 is 0 Å². The highest BCUT2D eigenvalue weighted by molar-refractivity contribution is 6.14. The van der Waals surface area contributed by atoms with E-state index in [0.29, 0.717) is 17.6 Å². The first-order valence-corrected chi connectivity index (χ1v) is 25.4. The summed E-state index contributed by atoms with van der Waals surface area (Å²) in [7, 11) is 0. The van der Waals surface area contributed by atoms with Crippen molar-refractivity contribution >= 4 is 65.4 Å². The number of fused-ring (bicyclic) bond motifs is 9. The number of hydrogen-bond donors (Lipinski definition) is 0. The normalized spacial score (nSPS) is 11.7. The first-order valence-electron chi connectivity index (χ1n) is 25.4. The Labute approximate surface area is 432 Å². The van der Waals surface area contributed by atoms with E-state index in [1.54, 1.807) is 0 Å². The molecule has 4 heterocycles. The molecule has 0 bridgehead atoms. The maximum atomic E-state index is 5.35. The molecule has 0 aliphatic carbocycles. The van der Waals surface area contributed by atoms with Crippen molar-refractivity contribution in [3.63, 3.8) is 0 Å². The zero-order valence-corrected chi connectivity index (χ0v) is 40.6. The van der Waals surface area contributed by atoms with Gasteiger partial charge in [-0.2, -0.15) is 9.97 Å². The van der Waals surface area contributed by atoms with Crippen LogP contribution >= 0.6 is 0 Å². The highest BCUT2D eigenvalue weighted by atomic mass is 15.2. The fourth-order valence-electron chi connectivity index (χ4n) is 11.4. The molecule has 0 saturated heterocycles. The van der Waals surface area contributed by atoms with Gasteiger partial charge in [-0.05, 0) is 118 Å². The van der Waals surface area contributed by atoms with Crippen LogP contribution in [0.2, 0.25) is 0 Å². The highest BCUT2D eigenvalue weighted by Crippen LogP contribution is 2.41. The smallest absolute Gasteiger partial charge is 0.238 e. The van der Waals surface area contributed by atoms with Gasteiger partial charge in [0.2, 0.25) is 5.95 Å². The lowest BCUT2D eigenvalue weighted by Gasteiger charge is -2.12. The molecule has 0 aliphatic rings. The molecule has 0 amide bonds. The van der Waals surface area contributed by atoms with Crippen molar-refractivity contribution in [2.75, 3.05) is 0 Å². The van der Waals surface area contributed by atoms with Gasteiger partial charge in [0.25, 0.3) is 0 Å². The number of hydrogen-bond acceptors (Lipinski definition) is 3. The third kappa shape index (κ3) is 7.07. The zero-order chi connectivity index (χ0) is 49.4. The zero-order valence-electron chi connectivity index (χ0n) is 40.6. The molecular weight excluding hydrogens is 913 g/mol. The van der Waals surface area contributed by atoms with Crippen molar-refractivity contribution in [3.05, 3.63) is 267 Å². The van der Waals surface area contributed by atoms with Crippen LogP contribution in [0.5, 0.6) is 0 Å². The predicted octanol–water partition coefficient (Wildman–Crippen LogP) is 17.5. The van der Waals surface area contributed by atoms with Crippen LogP contribution in [0.3, 0.4) is 0 Å². The second-order valence-electron chi connectivity index (χ2n) is 19.2. The minimum atomic E-state index is 0.553. The van der Waals surface area contributed by atoms with Crippen LogP contribution < -0.4 is 0 Å². The molecule has 0 radical (unpaired) electrons. The molecule has 15 rings (SSSR count). The number of rotatable bonds is 8. The van der Waals surface area contributed by atoms with Gasteiger partial charge in [-0.1, -0.05) is 182 Å². The minimum absolute atomic E-state index is 0.553. The number of nitrogens with zero attached hydrogens (tertiary/aromatic N) is 6. The summed E-state index contributed by atoms with van der Waals surface area (Å²) in [5, 5.41) is 7.08. The Balaban J connectivity index is 0.942. The van der Waals surface area contributed by atoms with Crippen molar-refractivity contribution in [2.24, 2.45) is 0 Å². The Morgan fingerprint density at radius 1 is 0.200 bits per heavy atom. The standard InChI is InChI=1S/C69H44N6/c1-5-17-45(18-6-1)46-29-31-48(32-30-46)68-70-67(47-19-7-2-8-20-47)71-69(72-68)75-65-39-35-51(49-33-37-63-57(41-49)55-25-13-15-27-61(55)73(63)53-21-9-3-10-22-53)43-59(65)60-44-52(36-40-66(60)75)50-34-38-64-58(42-50)56-26-14-16-28-62(56)74(64)54-23-11-4-12-24-54/h1-44H. The van der Waals surface area contributed by atoms with Crippen molar-refractivity contribution in [1.82, 2.24) is 28.7 Å². The summed E-state index contributed by atoms with van der Waals surface area (Å²) < 4.78 is 6.96. The van der Waals surface area contributed by atoms with E-state index in [2.05, 4.69) is 256 Å². The predicted molar refractivity (Wildman–Crippen MR) is 310 cm³/mol. The van der Waals surface area contributed by atoms with Crippen LogP contribution in [-0.4, -0.2) is 28.7 Å². The fraction of sp³-hybridized carbons (Fsp3) is 0. The number of aromatic nitrogens is 6. The summed E-state index contributed by atoms with van der Waals surface area (Å²) in [5.74, 6) is 1.77. The van der Waals surface area contributed by atoms with Gasteiger partial charge in [-0.15, -0.1) is 0 Å². The molecular formula is C69H44N6. The van der Waals surface area contributed by atoms with Gasteiger partial charge in [0.05, 0.1) is 33.1 Å². The van der Waals surface area contributed by atoms with Crippen LogP contribution in [0.15, 0.2) is 267 Å². The Morgan fingerprint density at radius 2 is 0.493 bits per heavy atom. The highest BCUT2D eigenvalue weighted by Gasteiger charge is 2.21. The molecule has 0 fully saturated rings. The Hall–Kier alpha value is -10.2. The van der Waals surface area contributed by atoms with Gasteiger partial charge < -0.3 is 9.13 Å². The second-order valence-corrected chi connectivity index (χ2v) is 19.2. The van der Waals surface area contributed by atoms with E-state index in [9.17, 15) is 0 Å². The third-order valence-corrected chi connectivity index (χ3v) is 14.9. The molecule has 0 N–H and O–H groups in total. The van der Waals surface area contributed by atoms with Crippen molar-refractivity contribution in [3.8, 4) is 73.5 Å². The summed E-state index contributed by atoms with van der Waals surface area (Å²) in [5.41, 5.74) is 17.7. The molecule has 0 unspecified atom stereocenters. The van der Waals surface area contributed by atoms with Crippen molar-refractivity contribution < 1.29 is 0 Å². The average molecular weight is 957 g/mol. The van der Waals surface area contributed by atoms with E-state index >= 15 is 0 Å². The lowest BCUT2D eigenvalue weighted by Crippen LogP contribution is -2.06. The van der Waals surface area contributed by atoms with Crippen LogP contribution in [-0.2, 0) is 0 Å². The Bertz CT molecular complexity index is 4450. The molecule has 0 spiro atoms. The lowest BCUT2D eigenvalue weighted by atomic mass is 9.98. The first kappa shape index (κ1) is 42.5. The van der Waals surface area contributed by atoms with Gasteiger partial charge in [-0.25, -0.2) is 4.98 Å². The minimum Gasteiger partial charge on any atom is -0.309 e. The van der Waals surface area contributed by atoms with Gasteiger partial charge in [0, 0.05) is 54.8 Å². The molecule has 0 aliphatic heterocycles. The summed E-state index contributed by atoms with van der Waals surface area (Å²) in [6.07, 6.45) is 0. The molecule has 0 saturated carbocycles. The van der Waals surface area contributed by atoms with E-state index in [-0.39, 0.29) is 0 Å². The van der Waals surface area contributed by atoms with E-state index in [1.165, 1.54) is 43.6 Å². The quantitative estimate of drug-likeness (QED) is 0.152. The Morgan fingerprint density at radius 3 is 0.933 bits per heavy atom. The van der Waals surface area contributed by atoms with Crippen LogP contribution in [0.25, 0.3) is 139 Å². The molecule has 15 aromatic rings. The average Bonchev–Trinajstić information content (AvgIpc) is 4.13.